The zero-order chi connectivity index (χ0) is 13.3. The van der Waals surface area contributed by atoms with E-state index in [1.807, 2.05) is 12.4 Å². The first-order chi connectivity index (χ1) is 9.84. The van der Waals surface area contributed by atoms with Crippen molar-refractivity contribution in [2.45, 2.75) is 6.54 Å². The van der Waals surface area contributed by atoms with Crippen LogP contribution in [0.15, 0.2) is 49.1 Å². The van der Waals surface area contributed by atoms with Crippen molar-refractivity contribution in [2.75, 3.05) is 0 Å². The molecular formula is C16H13N4+. The number of hydrogen-bond donors (Lipinski definition) is 0. The molecule has 20 heavy (non-hydrogen) atoms. The monoisotopic (exact) mass is 261 g/mol. The molecular weight excluding hydrogens is 248 g/mol. The minimum absolute atomic E-state index is 0.909. The number of aromatic nitrogens is 4. The molecule has 96 valence electrons. The zero-order valence-electron chi connectivity index (χ0n) is 11.1. The van der Waals surface area contributed by atoms with Crippen molar-refractivity contribution >= 4 is 16.6 Å². The molecule has 0 spiro atoms. The van der Waals surface area contributed by atoms with E-state index in [0.717, 1.165) is 6.54 Å². The van der Waals surface area contributed by atoms with E-state index in [2.05, 4.69) is 62.2 Å². The van der Waals surface area contributed by atoms with Crippen LogP contribution in [0.5, 0.6) is 0 Å². The van der Waals surface area contributed by atoms with Crippen molar-refractivity contribution in [3.63, 3.8) is 0 Å². The van der Waals surface area contributed by atoms with Gasteiger partial charge in [-0.1, -0.05) is 6.07 Å². The normalized spacial score (nSPS) is 13.1. The molecule has 5 rings (SSSR count). The molecule has 1 aliphatic rings. The van der Waals surface area contributed by atoms with Crippen LogP contribution < -0.4 is 4.57 Å². The van der Waals surface area contributed by atoms with Crippen LogP contribution in [-0.2, 0) is 13.6 Å². The molecule has 0 N–H and O–H groups in total. The number of fused-ring (bicyclic) bond motifs is 7. The standard InChI is InChI=1S/C16H13N4/c1-18-15-13-4-2-3-7-19(13)10-14(15)20-9-11-8-17-6-5-12(11)16(18)20/h2-8,10H,9H2,1H3/q+1. The Morgan fingerprint density at radius 1 is 1.20 bits per heavy atom. The van der Waals surface area contributed by atoms with Gasteiger partial charge in [-0.25, -0.2) is 9.13 Å². The van der Waals surface area contributed by atoms with Gasteiger partial charge in [0.15, 0.2) is 11.0 Å². The molecule has 4 aromatic heterocycles. The van der Waals surface area contributed by atoms with E-state index in [4.69, 9.17) is 0 Å². The maximum absolute atomic E-state index is 4.24. The molecule has 0 saturated heterocycles. The number of imidazole rings is 1. The molecule has 0 radical (unpaired) electrons. The second-order valence-corrected chi connectivity index (χ2v) is 5.36. The molecule has 0 aliphatic carbocycles. The van der Waals surface area contributed by atoms with Gasteiger partial charge in [0, 0.05) is 24.2 Å². The van der Waals surface area contributed by atoms with Crippen LogP contribution in [0.25, 0.3) is 27.9 Å². The van der Waals surface area contributed by atoms with Gasteiger partial charge in [0.25, 0.3) is 5.82 Å². The first-order valence-electron chi connectivity index (χ1n) is 6.76. The Morgan fingerprint density at radius 3 is 3.10 bits per heavy atom. The van der Waals surface area contributed by atoms with Gasteiger partial charge in [-0.15, -0.1) is 0 Å². The van der Waals surface area contributed by atoms with Crippen molar-refractivity contribution in [1.29, 1.82) is 0 Å². The minimum Gasteiger partial charge on any atom is -0.316 e. The minimum atomic E-state index is 0.909. The molecule has 4 aromatic rings. The largest absolute Gasteiger partial charge is 0.316 e. The Hall–Kier alpha value is -2.62. The molecule has 4 nitrogen and oxygen atoms in total. The van der Waals surface area contributed by atoms with Gasteiger partial charge in [0.05, 0.1) is 24.3 Å². The van der Waals surface area contributed by atoms with Crippen LogP contribution in [0.4, 0.5) is 0 Å². The molecule has 1 aliphatic heterocycles. The fourth-order valence-corrected chi connectivity index (χ4v) is 3.46. The third kappa shape index (κ3) is 1.04. The Morgan fingerprint density at radius 2 is 2.15 bits per heavy atom. The maximum Gasteiger partial charge on any atom is 0.290 e. The smallest absolute Gasteiger partial charge is 0.290 e. The topological polar surface area (TPSA) is 26.1 Å². The van der Waals surface area contributed by atoms with Gasteiger partial charge in [-0.3, -0.25) is 4.98 Å². The summed E-state index contributed by atoms with van der Waals surface area (Å²) >= 11 is 0. The lowest BCUT2D eigenvalue weighted by atomic mass is 10.2. The highest BCUT2D eigenvalue weighted by atomic mass is 15.2. The summed E-state index contributed by atoms with van der Waals surface area (Å²) in [6.07, 6.45) is 8.17. The summed E-state index contributed by atoms with van der Waals surface area (Å²) in [5, 5.41) is 0. The summed E-state index contributed by atoms with van der Waals surface area (Å²) in [5.41, 5.74) is 6.43. The van der Waals surface area contributed by atoms with Gasteiger partial charge < -0.3 is 4.40 Å². The van der Waals surface area contributed by atoms with E-state index in [0.29, 0.717) is 0 Å². The third-order valence-corrected chi connectivity index (χ3v) is 4.31. The molecule has 0 unspecified atom stereocenters. The average Bonchev–Trinajstić information content (AvgIpc) is 3.10. The summed E-state index contributed by atoms with van der Waals surface area (Å²) < 4.78 is 6.88. The van der Waals surface area contributed by atoms with Crippen molar-refractivity contribution in [1.82, 2.24) is 14.0 Å². The van der Waals surface area contributed by atoms with Gasteiger partial charge in [0.1, 0.15) is 6.54 Å². The zero-order valence-corrected chi connectivity index (χ0v) is 11.1. The fraction of sp³-hybridized carbons (Fsp3) is 0.125. The molecule has 0 amide bonds. The molecule has 4 heteroatoms. The summed E-state index contributed by atoms with van der Waals surface area (Å²) in [4.78, 5) is 4.24. The number of rotatable bonds is 0. The molecule has 0 fully saturated rings. The van der Waals surface area contributed by atoms with E-state index >= 15 is 0 Å². The van der Waals surface area contributed by atoms with Crippen molar-refractivity contribution in [3.8, 4) is 11.4 Å². The summed E-state index contributed by atoms with van der Waals surface area (Å²) in [5.74, 6) is 1.28. The van der Waals surface area contributed by atoms with Crippen molar-refractivity contribution in [2.24, 2.45) is 7.05 Å². The Bertz CT molecular complexity index is 990. The molecule has 5 heterocycles. The van der Waals surface area contributed by atoms with Crippen LogP contribution in [0.3, 0.4) is 0 Å². The molecule has 0 bridgehead atoms. The molecule has 0 atom stereocenters. The Labute approximate surface area is 115 Å². The van der Waals surface area contributed by atoms with Crippen LogP contribution >= 0.6 is 0 Å². The quantitative estimate of drug-likeness (QED) is 0.392. The Balaban J connectivity index is 1.98. The van der Waals surface area contributed by atoms with Gasteiger partial charge in [-0.2, -0.15) is 0 Å². The molecule has 0 aromatic carbocycles. The van der Waals surface area contributed by atoms with E-state index in [9.17, 15) is 0 Å². The first kappa shape index (κ1) is 10.2. The highest BCUT2D eigenvalue weighted by molar-refractivity contribution is 5.92. The highest BCUT2D eigenvalue weighted by Crippen LogP contribution is 2.34. The SMILES string of the molecule is C[n+]1c2n(c3cn4ccccc4c31)Cc1cnccc1-2. The van der Waals surface area contributed by atoms with E-state index < -0.39 is 0 Å². The molecule has 0 saturated carbocycles. The van der Waals surface area contributed by atoms with Crippen molar-refractivity contribution in [3.05, 3.63) is 54.6 Å². The van der Waals surface area contributed by atoms with E-state index in [1.54, 1.807) is 0 Å². The van der Waals surface area contributed by atoms with Gasteiger partial charge >= 0.3 is 0 Å². The van der Waals surface area contributed by atoms with Crippen LogP contribution in [0, 0.1) is 0 Å². The van der Waals surface area contributed by atoms with Crippen LogP contribution in [0.1, 0.15) is 5.56 Å². The van der Waals surface area contributed by atoms with Gasteiger partial charge in [0.2, 0.25) is 0 Å². The lowest BCUT2D eigenvalue weighted by Crippen LogP contribution is -2.29. The number of pyridine rings is 2. The second-order valence-electron chi connectivity index (χ2n) is 5.36. The van der Waals surface area contributed by atoms with Crippen molar-refractivity contribution < 1.29 is 4.57 Å². The lowest BCUT2D eigenvalue weighted by molar-refractivity contribution is -0.633. The fourth-order valence-electron chi connectivity index (χ4n) is 3.46. The summed E-state index contributed by atoms with van der Waals surface area (Å²) in [7, 11) is 2.15. The first-order valence-corrected chi connectivity index (χ1v) is 6.76. The number of hydrogen-bond acceptors (Lipinski definition) is 1. The Kier molecular flexibility index (Phi) is 1.67. The second kappa shape index (κ2) is 3.28. The lowest BCUT2D eigenvalue weighted by Gasteiger charge is -1.96. The van der Waals surface area contributed by atoms with Gasteiger partial charge in [-0.05, 0) is 18.2 Å². The van der Waals surface area contributed by atoms with Crippen LogP contribution in [0.2, 0.25) is 0 Å². The predicted molar refractivity (Wildman–Crippen MR) is 76.4 cm³/mol. The number of nitrogens with zero attached hydrogens (tertiary/aromatic N) is 4. The predicted octanol–water partition coefficient (Wildman–Crippen LogP) is 2.14. The highest BCUT2D eigenvalue weighted by Gasteiger charge is 2.34. The number of aryl methyl sites for hydroxylation is 1. The average molecular weight is 261 g/mol. The third-order valence-electron chi connectivity index (χ3n) is 4.31. The van der Waals surface area contributed by atoms with Crippen LogP contribution in [-0.4, -0.2) is 14.0 Å². The van der Waals surface area contributed by atoms with E-state index in [-0.39, 0.29) is 0 Å². The summed E-state index contributed by atoms with van der Waals surface area (Å²) in [6, 6.07) is 8.44. The summed E-state index contributed by atoms with van der Waals surface area (Å²) in [6.45, 7) is 0.909. The van der Waals surface area contributed by atoms with E-state index in [1.165, 1.54) is 33.5 Å². The maximum atomic E-state index is 4.24.